The molecule has 2 N–H and O–H groups in total. The maximum atomic E-state index is 14.2. The first-order chi connectivity index (χ1) is 17.7. The van der Waals surface area contributed by atoms with E-state index in [1.165, 1.54) is 19.3 Å². The lowest BCUT2D eigenvalue weighted by Crippen LogP contribution is -2.67. The number of piperidine rings is 1. The number of carbonyl (C=O) groups is 1. The molecule has 1 saturated heterocycles. The van der Waals surface area contributed by atoms with Gasteiger partial charge in [0.25, 0.3) is 0 Å². The summed E-state index contributed by atoms with van der Waals surface area (Å²) in [6.45, 7) is 7.70. The van der Waals surface area contributed by atoms with Crippen molar-refractivity contribution in [3.05, 3.63) is 48.0 Å². The number of Topliss-reactive ketones (excluding diaryl/α,β-unsaturated/α-hetero) is 1. The SMILES string of the molecule is C[C@]12CC[C@H]3[C@]4(C=C[C@@]5(C=C4C(=O)c4ccco4)CC(O)CC[C@]35C)[C@@H]1CC[C@@]2(O)CN1CCCCC1. The largest absolute Gasteiger partial charge is 0.461 e. The van der Waals surface area contributed by atoms with E-state index in [1.807, 2.05) is 0 Å². The van der Waals surface area contributed by atoms with Crippen molar-refractivity contribution in [3.63, 3.8) is 0 Å². The Hall–Kier alpha value is -1.69. The fourth-order valence-electron chi connectivity index (χ4n) is 10.6. The zero-order valence-electron chi connectivity index (χ0n) is 22.5. The molecule has 8 rings (SSSR count). The Labute approximate surface area is 221 Å². The number of fused-ring (bicyclic) bond motifs is 1. The van der Waals surface area contributed by atoms with Crippen molar-refractivity contribution in [2.24, 2.45) is 33.5 Å². The number of nitrogens with zero attached hydrogens (tertiary/aromatic N) is 1. The number of hydrogen-bond acceptors (Lipinski definition) is 5. The average Bonchev–Trinajstić information content (AvgIpc) is 3.51. The third-order valence-electron chi connectivity index (χ3n) is 12.6. The van der Waals surface area contributed by atoms with Gasteiger partial charge < -0.3 is 19.5 Å². The van der Waals surface area contributed by atoms with Crippen LogP contribution in [0.1, 0.15) is 88.6 Å². The zero-order chi connectivity index (χ0) is 25.7. The van der Waals surface area contributed by atoms with Gasteiger partial charge in [0.2, 0.25) is 5.78 Å². The predicted molar refractivity (Wildman–Crippen MR) is 142 cm³/mol. The molecule has 1 unspecified atom stereocenters. The van der Waals surface area contributed by atoms with Gasteiger partial charge in [-0.2, -0.15) is 0 Å². The summed E-state index contributed by atoms with van der Waals surface area (Å²) in [4.78, 5) is 16.7. The molecule has 2 bridgehead atoms. The van der Waals surface area contributed by atoms with Crippen LogP contribution in [0.3, 0.4) is 0 Å². The highest BCUT2D eigenvalue weighted by Gasteiger charge is 2.74. The summed E-state index contributed by atoms with van der Waals surface area (Å²) in [5.41, 5.74) is -0.817. The predicted octanol–water partition coefficient (Wildman–Crippen LogP) is 5.54. The molecule has 0 amide bonds. The number of ketones is 1. The molecular weight excluding hydrogens is 462 g/mol. The lowest BCUT2D eigenvalue weighted by atomic mass is 9.32. The minimum atomic E-state index is -0.739. The molecule has 3 saturated carbocycles. The van der Waals surface area contributed by atoms with Crippen molar-refractivity contribution >= 4 is 5.78 Å². The maximum absolute atomic E-state index is 14.2. The van der Waals surface area contributed by atoms with E-state index in [4.69, 9.17) is 4.42 Å². The lowest BCUT2D eigenvalue weighted by molar-refractivity contribution is -0.176. The third kappa shape index (κ3) is 3.00. The second kappa shape index (κ2) is 7.92. The van der Waals surface area contributed by atoms with Gasteiger partial charge in [-0.3, -0.25) is 4.79 Å². The van der Waals surface area contributed by atoms with Crippen LogP contribution in [-0.4, -0.2) is 52.2 Å². The Morgan fingerprint density at radius 3 is 2.51 bits per heavy atom. The molecule has 200 valence electrons. The standard InChI is InChI=1S/C32H43NO4/c1-28-11-8-22(34)19-30(28)14-15-32(23(20-30)27(35)24-7-6-18-37-24)25(28)9-12-29(2)26(32)10-13-31(29,36)21-33-16-4-3-5-17-33/h6-7,14-15,18,20,22,25-26,34,36H,3-5,8-13,16-17,19,21H2,1-2H3/t22?,25-,26-,28-,29+,30+,31-,32-/m1/s1. The molecule has 8 atom stereocenters. The Morgan fingerprint density at radius 2 is 1.76 bits per heavy atom. The molecular formula is C32H43NO4. The third-order valence-corrected chi connectivity index (χ3v) is 12.6. The van der Waals surface area contributed by atoms with E-state index in [0.29, 0.717) is 18.1 Å². The smallest absolute Gasteiger partial charge is 0.224 e. The van der Waals surface area contributed by atoms with E-state index in [-0.39, 0.29) is 34.1 Å². The number of aliphatic hydroxyl groups excluding tert-OH is 1. The highest BCUT2D eigenvalue weighted by molar-refractivity contribution is 6.08. The number of aliphatic hydroxyl groups is 2. The van der Waals surface area contributed by atoms with Gasteiger partial charge >= 0.3 is 0 Å². The van der Waals surface area contributed by atoms with Crippen LogP contribution < -0.4 is 0 Å². The Kier molecular flexibility index (Phi) is 5.22. The Bertz CT molecular complexity index is 1150. The van der Waals surface area contributed by atoms with E-state index >= 15 is 0 Å². The van der Waals surface area contributed by atoms with E-state index in [0.717, 1.165) is 63.7 Å². The van der Waals surface area contributed by atoms with Crippen LogP contribution >= 0.6 is 0 Å². The molecule has 0 radical (unpaired) electrons. The van der Waals surface area contributed by atoms with E-state index in [9.17, 15) is 15.0 Å². The monoisotopic (exact) mass is 505 g/mol. The van der Waals surface area contributed by atoms with Crippen LogP contribution in [0, 0.1) is 33.5 Å². The molecule has 5 nitrogen and oxygen atoms in total. The summed E-state index contributed by atoms with van der Waals surface area (Å²) in [5.74, 6) is 0.934. The van der Waals surface area contributed by atoms with Crippen molar-refractivity contribution in [3.8, 4) is 0 Å². The quantitative estimate of drug-likeness (QED) is 0.415. The second-order valence-corrected chi connectivity index (χ2v) is 14.0. The van der Waals surface area contributed by atoms with Gasteiger partial charge in [0, 0.05) is 28.4 Å². The first-order valence-electron chi connectivity index (χ1n) is 14.8. The molecule has 2 heterocycles. The summed E-state index contributed by atoms with van der Waals surface area (Å²) < 4.78 is 5.67. The molecule has 0 aromatic carbocycles. The highest BCUT2D eigenvalue weighted by Crippen LogP contribution is 2.78. The molecule has 6 aliphatic carbocycles. The molecule has 4 fully saturated rings. The lowest BCUT2D eigenvalue weighted by Gasteiger charge is -2.71. The topological polar surface area (TPSA) is 73.9 Å². The number of rotatable bonds is 4. The average molecular weight is 506 g/mol. The van der Waals surface area contributed by atoms with E-state index in [1.54, 1.807) is 18.4 Å². The van der Waals surface area contributed by atoms with E-state index < -0.39 is 11.0 Å². The second-order valence-electron chi connectivity index (χ2n) is 14.0. The fraction of sp³-hybridized carbons (Fsp3) is 0.719. The van der Waals surface area contributed by atoms with Crippen LogP contribution in [0.15, 0.2) is 46.6 Å². The Morgan fingerprint density at radius 1 is 1.03 bits per heavy atom. The summed E-state index contributed by atoms with van der Waals surface area (Å²) in [6, 6.07) is 3.58. The molecule has 7 aliphatic rings. The van der Waals surface area contributed by atoms with Crippen LogP contribution in [0.25, 0.3) is 0 Å². The normalized spacial score (nSPS) is 48.8. The number of β-amino-alcohol motifs (C(OH)–C–C–N with tert-alkyl or cyclic N) is 1. The summed E-state index contributed by atoms with van der Waals surface area (Å²) >= 11 is 0. The van der Waals surface area contributed by atoms with Gasteiger partial charge in [-0.05, 0) is 100 Å². The number of allylic oxidation sites excluding steroid dienone is 4. The molecule has 1 aliphatic heterocycles. The van der Waals surface area contributed by atoms with Gasteiger partial charge in [-0.25, -0.2) is 0 Å². The first-order valence-corrected chi connectivity index (χ1v) is 14.8. The summed E-state index contributed by atoms with van der Waals surface area (Å²) in [5, 5.41) is 23.2. The van der Waals surface area contributed by atoms with Gasteiger partial charge in [-0.15, -0.1) is 0 Å². The van der Waals surface area contributed by atoms with Gasteiger partial charge in [0.05, 0.1) is 18.0 Å². The van der Waals surface area contributed by atoms with Crippen LogP contribution in [0.4, 0.5) is 0 Å². The number of likely N-dealkylation sites (tertiary alicyclic amines) is 1. The van der Waals surface area contributed by atoms with Crippen LogP contribution in [-0.2, 0) is 0 Å². The van der Waals surface area contributed by atoms with Crippen LogP contribution in [0.5, 0.6) is 0 Å². The van der Waals surface area contributed by atoms with Gasteiger partial charge in [0.1, 0.15) is 0 Å². The van der Waals surface area contributed by atoms with Crippen molar-refractivity contribution in [2.45, 2.75) is 89.8 Å². The highest BCUT2D eigenvalue weighted by atomic mass is 16.3. The van der Waals surface area contributed by atoms with Crippen molar-refractivity contribution in [2.75, 3.05) is 19.6 Å². The van der Waals surface area contributed by atoms with E-state index in [2.05, 4.69) is 37.0 Å². The molecule has 2 spiro atoms. The molecule has 1 aromatic heterocycles. The Balaban J connectivity index is 1.36. The summed E-state index contributed by atoms with van der Waals surface area (Å²) in [6.07, 6.45) is 18.3. The molecule has 5 heteroatoms. The van der Waals surface area contributed by atoms with Gasteiger partial charge in [-0.1, -0.05) is 38.5 Å². The minimum absolute atomic E-state index is 0.00281. The van der Waals surface area contributed by atoms with Crippen molar-refractivity contribution < 1.29 is 19.4 Å². The zero-order valence-corrected chi connectivity index (χ0v) is 22.5. The first kappa shape index (κ1) is 24.4. The molecule has 1 aromatic rings. The number of carbonyl (C=O) groups excluding carboxylic acids is 1. The molecule has 37 heavy (non-hydrogen) atoms. The number of hydrogen-bond donors (Lipinski definition) is 2. The number of furan rings is 1. The maximum Gasteiger partial charge on any atom is 0.224 e. The summed E-state index contributed by atoms with van der Waals surface area (Å²) in [7, 11) is 0. The van der Waals surface area contributed by atoms with Crippen LogP contribution in [0.2, 0.25) is 0 Å². The fourth-order valence-corrected chi connectivity index (χ4v) is 10.6. The van der Waals surface area contributed by atoms with Crippen molar-refractivity contribution in [1.29, 1.82) is 0 Å². The van der Waals surface area contributed by atoms with Gasteiger partial charge in [0.15, 0.2) is 5.76 Å². The minimum Gasteiger partial charge on any atom is -0.461 e. The van der Waals surface area contributed by atoms with Crippen molar-refractivity contribution in [1.82, 2.24) is 4.90 Å².